The van der Waals surface area contributed by atoms with Gasteiger partial charge in [-0.2, -0.15) is 5.10 Å². The molecule has 0 saturated carbocycles. The Morgan fingerprint density at radius 1 is 0.466 bits per heavy atom. The highest BCUT2D eigenvalue weighted by Crippen LogP contribution is 2.37. The molecule has 0 unspecified atom stereocenters. The first kappa shape index (κ1) is 58.7. The smallest absolute Gasteiger partial charge is 0.226 e. The molecule has 8 aromatic carbocycles. The van der Waals surface area contributed by atoms with Crippen molar-refractivity contribution in [2.45, 2.75) is 59.3 Å². The van der Waals surface area contributed by atoms with Crippen LogP contribution in [0, 0.1) is 38.2 Å². The number of hydrogen-bond donors (Lipinski definition) is 4. The molecule has 0 bridgehead atoms. The van der Waals surface area contributed by atoms with E-state index in [0.29, 0.717) is 39.9 Å². The Morgan fingerprint density at radius 3 is 1.60 bits per heavy atom. The van der Waals surface area contributed by atoms with E-state index in [1.807, 2.05) is 154 Å². The largest absolute Gasteiger partial charge is 0.382 e. The number of aromatic amines is 1. The van der Waals surface area contributed by atoms with E-state index in [1.54, 1.807) is 51.5 Å². The van der Waals surface area contributed by atoms with Crippen LogP contribution < -0.4 is 17.2 Å². The van der Waals surface area contributed by atoms with Crippen molar-refractivity contribution in [2.24, 2.45) is 0 Å². The molecule has 0 fully saturated rings. The number of nitrogen functional groups attached to an aromatic ring is 3. The maximum absolute atomic E-state index is 14.1. The van der Waals surface area contributed by atoms with Gasteiger partial charge in [-0.15, -0.1) is 15.3 Å². The van der Waals surface area contributed by atoms with Gasteiger partial charge in [0.1, 0.15) is 40.3 Å². The van der Waals surface area contributed by atoms with Crippen molar-refractivity contribution in [1.82, 2.24) is 39.6 Å². The van der Waals surface area contributed by atoms with Gasteiger partial charge in [0.05, 0.1) is 16.6 Å². The third-order valence-electron chi connectivity index (χ3n) is 15.3. The highest BCUT2D eigenvalue weighted by atomic mass is 19.1. The quantitative estimate of drug-likeness (QED) is 0.0757. The van der Waals surface area contributed by atoms with Gasteiger partial charge in [0.2, 0.25) is 5.95 Å². The number of rotatable bonds is 15. The lowest BCUT2D eigenvalue weighted by Gasteiger charge is -2.13. The van der Waals surface area contributed by atoms with E-state index >= 15 is 0 Å². The minimum atomic E-state index is -0.339. The van der Waals surface area contributed by atoms with Crippen LogP contribution in [0.5, 0.6) is 0 Å². The van der Waals surface area contributed by atoms with Gasteiger partial charge in [0.25, 0.3) is 0 Å². The molecule has 7 N–H and O–H groups in total. The van der Waals surface area contributed by atoms with Crippen LogP contribution in [0.15, 0.2) is 194 Å². The number of hydrogen-bond acceptors (Lipinski definition) is 11. The topological polar surface area (TPSA) is 218 Å². The SMILES string of the molecule is Cc1ccc(F)c(CC(=O)Cc2ccc(-c3cccc4[nH]nc(N)c34)c3ccccc23)c1.Cc1ccc(F)c(CC(=O)Cc2ccc(-c3cccc4nnc(N)n34)cc2)c1.Cc1ccc(F)c(CC(=O)Cc2ccc(-c3cccn4nnc(N)c34)cc2)c1. The fraction of sp³-hybridized carbons (Fsp3) is 0.127. The minimum Gasteiger partial charge on any atom is -0.382 e. The lowest BCUT2D eigenvalue weighted by atomic mass is 9.91. The van der Waals surface area contributed by atoms with Gasteiger partial charge in [-0.05, 0) is 130 Å². The van der Waals surface area contributed by atoms with Crippen LogP contribution in [0.2, 0.25) is 0 Å². The molecule has 13 rings (SSSR count). The Morgan fingerprint density at radius 2 is 1.00 bits per heavy atom. The number of aryl methyl sites for hydroxylation is 3. The zero-order chi connectivity index (χ0) is 61.6. The van der Waals surface area contributed by atoms with Crippen molar-refractivity contribution < 1.29 is 27.6 Å². The van der Waals surface area contributed by atoms with Gasteiger partial charge >= 0.3 is 0 Å². The summed E-state index contributed by atoms with van der Waals surface area (Å²) >= 11 is 0. The summed E-state index contributed by atoms with van der Waals surface area (Å²) in [5, 5.41) is 25.9. The monoisotopic (exact) mass is 1170 g/mol. The predicted molar refractivity (Wildman–Crippen MR) is 340 cm³/mol. The van der Waals surface area contributed by atoms with Gasteiger partial charge in [-0.3, -0.25) is 23.9 Å². The van der Waals surface area contributed by atoms with Crippen LogP contribution in [0.1, 0.15) is 50.1 Å². The van der Waals surface area contributed by atoms with Crippen LogP contribution in [-0.4, -0.2) is 57.0 Å². The minimum absolute atomic E-state index is 0.0198. The molecular weight excluding hydrogens is 1110 g/mol. The van der Waals surface area contributed by atoms with Crippen molar-refractivity contribution in [2.75, 3.05) is 17.2 Å². The summed E-state index contributed by atoms with van der Waals surface area (Å²) in [7, 11) is 0. The van der Waals surface area contributed by atoms with Crippen LogP contribution in [-0.2, 0) is 52.9 Å². The summed E-state index contributed by atoms with van der Waals surface area (Å²) < 4.78 is 45.3. The van der Waals surface area contributed by atoms with Crippen molar-refractivity contribution >= 4 is 67.8 Å². The number of aromatic nitrogens is 8. The molecule has 438 valence electrons. The highest BCUT2D eigenvalue weighted by Gasteiger charge is 2.18. The van der Waals surface area contributed by atoms with Gasteiger partial charge in [-0.25, -0.2) is 17.7 Å². The normalized spacial score (nSPS) is 11.2. The Kier molecular flexibility index (Phi) is 17.1. The number of halogens is 3. The van der Waals surface area contributed by atoms with Crippen molar-refractivity contribution in [3.8, 4) is 33.5 Å². The number of nitrogens with one attached hydrogen (secondary N) is 1. The number of nitrogens with zero attached hydrogens (tertiary/aromatic N) is 7. The number of ketones is 3. The summed E-state index contributed by atoms with van der Waals surface area (Å²) in [5.41, 5.74) is 32.8. The van der Waals surface area contributed by atoms with Crippen molar-refractivity contribution in [1.29, 1.82) is 0 Å². The van der Waals surface area contributed by atoms with Crippen LogP contribution in [0.4, 0.5) is 30.8 Å². The summed E-state index contributed by atoms with van der Waals surface area (Å²) in [6.07, 6.45) is 2.81. The first-order chi connectivity index (χ1) is 42.5. The Balaban J connectivity index is 0.000000137. The number of H-pyrrole nitrogens is 1. The van der Waals surface area contributed by atoms with Crippen molar-refractivity contribution in [3.05, 3.63) is 262 Å². The molecule has 0 aliphatic heterocycles. The molecule has 0 spiro atoms. The molecule has 17 heteroatoms. The fourth-order valence-corrected chi connectivity index (χ4v) is 11.1. The molecular formula is C71H60F3N11O3. The molecule has 0 radical (unpaired) electrons. The Bertz CT molecular complexity index is 4580. The third-order valence-corrected chi connectivity index (χ3v) is 15.3. The standard InChI is InChI=1S/C27H22FN3O.2C22H19FN4O/c1-16-9-12-24(28)18(13-16)15-19(32)14-17-10-11-22(21-6-3-2-5-20(17)21)23-7-4-8-25-26(23)27(29)31-30-25;1-14-4-9-20(23)17(11-14)13-18(28)12-15-5-7-16(8-6-15)19-3-2-10-27-21(19)22(24)25-26-27;1-14-5-10-19(23)17(11-14)13-18(28)12-15-6-8-16(9-7-15)20-3-2-4-21-25-26-22(24)27(20)21/h2-13H,14-15H2,1H3,(H3,29,30,31);2-11H,12-13,24H2,1H3;2-11H,12-13H2,1H3,(H2,24,26). The van der Waals surface area contributed by atoms with Gasteiger partial charge in [-0.1, -0.05) is 167 Å². The van der Waals surface area contributed by atoms with E-state index in [4.69, 9.17) is 17.2 Å². The van der Waals surface area contributed by atoms with Gasteiger partial charge < -0.3 is 17.2 Å². The number of Topliss-reactive ketones (excluding diaryl/α,β-unsaturated/α-hetero) is 3. The zero-order valence-corrected chi connectivity index (χ0v) is 48.4. The Labute approximate surface area is 504 Å². The van der Waals surface area contributed by atoms with E-state index < -0.39 is 0 Å². The van der Waals surface area contributed by atoms with E-state index in [1.165, 1.54) is 18.2 Å². The van der Waals surface area contributed by atoms with E-state index in [2.05, 4.69) is 30.7 Å². The molecule has 0 aliphatic rings. The molecule has 0 amide bonds. The molecule has 0 saturated heterocycles. The average molecular weight is 1170 g/mol. The summed E-state index contributed by atoms with van der Waals surface area (Å²) in [5.74, 6) is 0.0667. The molecule has 0 atom stereocenters. The van der Waals surface area contributed by atoms with E-state index in [0.717, 1.165) is 94.1 Å². The number of fused-ring (bicyclic) bond motifs is 4. The fourth-order valence-electron chi connectivity index (χ4n) is 11.1. The first-order valence-corrected chi connectivity index (χ1v) is 28.4. The number of benzene rings is 8. The lowest BCUT2D eigenvalue weighted by Crippen LogP contribution is -2.08. The predicted octanol–water partition coefficient (Wildman–Crippen LogP) is 13.3. The number of carbonyl (C=O) groups excluding carboxylic acids is 3. The highest BCUT2D eigenvalue weighted by molar-refractivity contribution is 6.09. The number of nitrogens with two attached hydrogens (primary N) is 3. The third kappa shape index (κ3) is 13.1. The number of carbonyl (C=O) groups is 3. The second-order valence-corrected chi connectivity index (χ2v) is 21.9. The van der Waals surface area contributed by atoms with Crippen LogP contribution >= 0.6 is 0 Å². The molecule has 5 heterocycles. The van der Waals surface area contributed by atoms with Gasteiger partial charge in [0.15, 0.2) is 17.3 Å². The summed E-state index contributed by atoms with van der Waals surface area (Å²) in [6.45, 7) is 5.66. The molecule has 0 aliphatic carbocycles. The van der Waals surface area contributed by atoms with Crippen molar-refractivity contribution in [3.63, 3.8) is 0 Å². The molecule has 88 heavy (non-hydrogen) atoms. The second-order valence-electron chi connectivity index (χ2n) is 21.9. The average Bonchev–Trinajstić information content (AvgIpc) is 2.07. The maximum atomic E-state index is 14.1. The van der Waals surface area contributed by atoms with Gasteiger partial charge in [0, 0.05) is 50.3 Å². The van der Waals surface area contributed by atoms with E-state index in [9.17, 15) is 27.6 Å². The molecule has 5 aromatic heterocycles. The maximum Gasteiger partial charge on any atom is 0.226 e. The first-order valence-electron chi connectivity index (χ1n) is 28.4. The van der Waals surface area contributed by atoms with E-state index in [-0.39, 0.29) is 73.3 Å². The van der Waals surface area contributed by atoms with Crippen LogP contribution in [0.25, 0.3) is 66.4 Å². The Hall–Kier alpha value is -11.1. The summed E-state index contributed by atoms with van der Waals surface area (Å²) in [4.78, 5) is 37.6. The summed E-state index contributed by atoms with van der Waals surface area (Å²) in [6, 6.07) is 57.4. The number of pyridine rings is 2. The lowest BCUT2D eigenvalue weighted by molar-refractivity contribution is -0.118. The molecule has 13 aromatic rings. The van der Waals surface area contributed by atoms with Crippen LogP contribution in [0.3, 0.4) is 0 Å². The zero-order valence-electron chi connectivity index (χ0n) is 48.4. The number of anilines is 3. The molecule has 14 nitrogen and oxygen atoms in total. The second kappa shape index (κ2) is 25.6.